The van der Waals surface area contributed by atoms with Crippen molar-refractivity contribution in [3.05, 3.63) is 108 Å². The molecule has 174 valence electrons. The monoisotopic (exact) mass is 480 g/mol. The highest BCUT2D eigenvalue weighted by atomic mass is 32.1. The van der Waals surface area contributed by atoms with Crippen molar-refractivity contribution in [1.82, 2.24) is 4.98 Å². The highest BCUT2D eigenvalue weighted by Gasteiger charge is 2.10. The molecule has 5 aromatic rings. The van der Waals surface area contributed by atoms with Gasteiger partial charge in [0.2, 0.25) is 0 Å². The lowest BCUT2D eigenvalue weighted by Crippen LogP contribution is -2.13. The number of amides is 1. The molecule has 0 unspecified atom stereocenters. The largest absolute Gasteiger partial charge is 0.490 e. The highest BCUT2D eigenvalue weighted by Crippen LogP contribution is 2.31. The lowest BCUT2D eigenvalue weighted by atomic mass is 10.1. The van der Waals surface area contributed by atoms with Gasteiger partial charge >= 0.3 is 0 Å². The van der Waals surface area contributed by atoms with Gasteiger partial charge < -0.3 is 14.8 Å². The number of carbonyl (C=O) groups excluding carboxylic acids is 1. The van der Waals surface area contributed by atoms with Crippen LogP contribution in [0.15, 0.2) is 97.1 Å². The summed E-state index contributed by atoms with van der Waals surface area (Å²) >= 11 is 1.67. The number of fused-ring (bicyclic) bond motifs is 1. The number of aromatic nitrogens is 1. The normalized spacial score (nSPS) is 10.8. The Labute approximate surface area is 208 Å². The van der Waals surface area contributed by atoms with Crippen LogP contribution in [0.3, 0.4) is 0 Å². The zero-order valence-corrected chi connectivity index (χ0v) is 20.0. The molecule has 35 heavy (non-hydrogen) atoms. The molecule has 5 nitrogen and oxygen atoms in total. The minimum Gasteiger partial charge on any atom is -0.490 e. The average molecular weight is 481 g/mol. The van der Waals surface area contributed by atoms with E-state index < -0.39 is 0 Å². The Morgan fingerprint density at radius 2 is 1.57 bits per heavy atom. The van der Waals surface area contributed by atoms with E-state index in [1.165, 1.54) is 10.3 Å². The molecule has 0 aliphatic carbocycles. The molecule has 0 atom stereocenters. The van der Waals surface area contributed by atoms with Crippen molar-refractivity contribution in [3.63, 3.8) is 0 Å². The zero-order valence-electron chi connectivity index (χ0n) is 19.2. The lowest BCUT2D eigenvalue weighted by molar-refractivity contribution is 0.102. The Morgan fingerprint density at radius 1 is 0.829 bits per heavy atom. The maximum absolute atomic E-state index is 12.8. The van der Waals surface area contributed by atoms with E-state index >= 15 is 0 Å². The summed E-state index contributed by atoms with van der Waals surface area (Å²) in [6.45, 7) is 2.88. The number of nitrogens with one attached hydrogen (secondary N) is 1. The zero-order chi connectivity index (χ0) is 24.0. The Hall–Kier alpha value is -4.16. The minimum absolute atomic E-state index is 0.195. The predicted octanol–water partition coefficient (Wildman–Crippen LogP) is 6.98. The molecule has 1 heterocycles. The lowest BCUT2D eigenvalue weighted by Gasteiger charge is -2.10. The topological polar surface area (TPSA) is 60.5 Å². The number of para-hydroxylation sites is 1. The summed E-state index contributed by atoms with van der Waals surface area (Å²) in [5.74, 6) is 1.23. The number of anilines is 1. The summed E-state index contributed by atoms with van der Waals surface area (Å²) in [5.41, 5.74) is 4.49. The molecule has 1 aromatic heterocycles. The van der Waals surface area contributed by atoms with Gasteiger partial charge in [-0.1, -0.05) is 30.3 Å². The van der Waals surface area contributed by atoms with Crippen LogP contribution in [0.1, 0.15) is 15.9 Å². The van der Waals surface area contributed by atoms with Gasteiger partial charge in [-0.15, -0.1) is 11.3 Å². The summed E-state index contributed by atoms with van der Waals surface area (Å²) in [4.78, 5) is 17.5. The van der Waals surface area contributed by atoms with E-state index in [0.717, 1.165) is 27.5 Å². The van der Waals surface area contributed by atoms with Crippen molar-refractivity contribution in [2.75, 3.05) is 18.5 Å². The molecule has 1 N–H and O–H groups in total. The van der Waals surface area contributed by atoms with Crippen LogP contribution in [0.5, 0.6) is 11.5 Å². The van der Waals surface area contributed by atoms with Crippen LogP contribution in [0, 0.1) is 6.92 Å². The Bertz CT molecular complexity index is 1450. The maximum Gasteiger partial charge on any atom is 0.255 e. The molecule has 0 saturated carbocycles. The summed E-state index contributed by atoms with van der Waals surface area (Å²) in [6.07, 6.45) is 0. The maximum atomic E-state index is 12.8. The van der Waals surface area contributed by atoms with Crippen LogP contribution in [0.2, 0.25) is 0 Å². The van der Waals surface area contributed by atoms with Gasteiger partial charge in [-0.05, 0) is 79.2 Å². The second-order valence-electron chi connectivity index (χ2n) is 8.06. The molecule has 0 spiro atoms. The third-order valence-electron chi connectivity index (χ3n) is 5.39. The van der Waals surface area contributed by atoms with Crippen LogP contribution in [0.4, 0.5) is 5.69 Å². The molecule has 5 rings (SSSR count). The molecule has 0 fully saturated rings. The first-order valence-electron chi connectivity index (χ1n) is 11.3. The molecular formula is C29H24N2O3S. The fourth-order valence-corrected chi connectivity index (χ4v) is 4.69. The second-order valence-corrected chi connectivity index (χ2v) is 9.09. The van der Waals surface area contributed by atoms with Gasteiger partial charge in [0.1, 0.15) is 29.7 Å². The number of rotatable bonds is 8. The van der Waals surface area contributed by atoms with E-state index in [9.17, 15) is 4.79 Å². The third-order valence-corrected chi connectivity index (χ3v) is 6.46. The molecular weight excluding hydrogens is 456 g/mol. The van der Waals surface area contributed by atoms with Crippen LogP contribution in [-0.2, 0) is 0 Å². The van der Waals surface area contributed by atoms with Crippen molar-refractivity contribution >= 4 is 33.1 Å². The van der Waals surface area contributed by atoms with Gasteiger partial charge in [0.15, 0.2) is 0 Å². The number of carbonyl (C=O) groups is 1. The molecule has 0 saturated heterocycles. The van der Waals surface area contributed by atoms with Crippen molar-refractivity contribution in [1.29, 1.82) is 0 Å². The second kappa shape index (κ2) is 10.4. The Morgan fingerprint density at radius 3 is 2.37 bits per heavy atom. The summed E-state index contributed by atoms with van der Waals surface area (Å²) in [5, 5.41) is 3.91. The van der Waals surface area contributed by atoms with Gasteiger partial charge in [0.05, 0.1) is 10.2 Å². The number of hydrogen-bond acceptors (Lipinski definition) is 5. The smallest absolute Gasteiger partial charge is 0.255 e. The van der Waals surface area contributed by atoms with E-state index in [4.69, 9.17) is 14.5 Å². The summed E-state index contributed by atoms with van der Waals surface area (Å²) in [7, 11) is 0. The Balaban J connectivity index is 1.18. The Kier molecular flexibility index (Phi) is 6.73. The number of aryl methyl sites for hydroxylation is 1. The van der Waals surface area contributed by atoms with Gasteiger partial charge in [0.25, 0.3) is 5.91 Å². The van der Waals surface area contributed by atoms with Crippen molar-refractivity contribution in [2.24, 2.45) is 0 Å². The van der Waals surface area contributed by atoms with Crippen LogP contribution >= 0.6 is 11.3 Å². The van der Waals surface area contributed by atoms with Crippen molar-refractivity contribution < 1.29 is 14.3 Å². The van der Waals surface area contributed by atoms with Crippen LogP contribution in [0.25, 0.3) is 20.8 Å². The van der Waals surface area contributed by atoms with E-state index in [2.05, 4.69) is 24.4 Å². The van der Waals surface area contributed by atoms with Crippen LogP contribution < -0.4 is 14.8 Å². The van der Waals surface area contributed by atoms with Gasteiger partial charge in [-0.2, -0.15) is 0 Å². The number of benzene rings is 4. The average Bonchev–Trinajstić information content (AvgIpc) is 3.31. The minimum atomic E-state index is -0.195. The van der Waals surface area contributed by atoms with Gasteiger partial charge in [0, 0.05) is 16.8 Å². The first-order valence-corrected chi connectivity index (χ1v) is 12.2. The molecule has 6 heteroatoms. The number of ether oxygens (including phenoxy) is 2. The fraction of sp³-hybridized carbons (Fsp3) is 0.103. The van der Waals surface area contributed by atoms with E-state index in [1.807, 2.05) is 66.7 Å². The standard InChI is InChI=1S/C29H24N2O3S/c1-20-10-15-26-27(18-20)35-29(31-26)21-11-13-23(14-12-21)30-28(32)22-6-5-9-25(19-22)34-17-16-33-24-7-3-2-4-8-24/h2-15,18-19H,16-17H2,1H3,(H,30,32). The SMILES string of the molecule is Cc1ccc2nc(-c3ccc(NC(=O)c4cccc(OCCOc5ccccc5)c4)cc3)sc2c1. The van der Waals surface area contributed by atoms with Gasteiger partial charge in [-0.25, -0.2) is 4.98 Å². The quantitative estimate of drug-likeness (QED) is 0.243. The van der Waals surface area contributed by atoms with E-state index in [0.29, 0.717) is 24.5 Å². The predicted molar refractivity (Wildman–Crippen MR) is 142 cm³/mol. The first-order chi connectivity index (χ1) is 17.1. The van der Waals surface area contributed by atoms with E-state index in [1.54, 1.807) is 29.5 Å². The molecule has 0 radical (unpaired) electrons. The van der Waals surface area contributed by atoms with Crippen LogP contribution in [-0.4, -0.2) is 24.1 Å². The number of nitrogens with zero attached hydrogens (tertiary/aromatic N) is 1. The molecule has 0 aliphatic heterocycles. The molecule has 0 aliphatic rings. The third kappa shape index (κ3) is 5.67. The van der Waals surface area contributed by atoms with Crippen molar-refractivity contribution in [3.8, 4) is 22.1 Å². The van der Waals surface area contributed by atoms with Crippen molar-refractivity contribution in [2.45, 2.75) is 6.92 Å². The highest BCUT2D eigenvalue weighted by molar-refractivity contribution is 7.21. The summed E-state index contributed by atoms with van der Waals surface area (Å²) < 4.78 is 12.6. The van der Waals surface area contributed by atoms with Gasteiger partial charge in [-0.3, -0.25) is 4.79 Å². The molecule has 1 amide bonds. The first kappa shape index (κ1) is 22.6. The molecule has 0 bridgehead atoms. The number of hydrogen-bond donors (Lipinski definition) is 1. The summed E-state index contributed by atoms with van der Waals surface area (Å²) in [6, 6.07) is 30.7. The molecule has 4 aromatic carbocycles. The fourth-order valence-electron chi connectivity index (χ4n) is 3.62. The number of thiazole rings is 1. The van der Waals surface area contributed by atoms with E-state index in [-0.39, 0.29) is 5.91 Å².